The molecular formula is C17H28N2O2. The third-order valence-electron chi connectivity index (χ3n) is 3.89. The van der Waals surface area contributed by atoms with Crippen LogP contribution in [0.1, 0.15) is 36.4 Å². The van der Waals surface area contributed by atoms with E-state index < -0.39 is 0 Å². The second-order valence-electron chi connectivity index (χ2n) is 5.48. The van der Waals surface area contributed by atoms with Gasteiger partial charge >= 0.3 is 0 Å². The highest BCUT2D eigenvalue weighted by atomic mass is 16.5. The van der Waals surface area contributed by atoms with Crippen molar-refractivity contribution in [2.75, 3.05) is 40.0 Å². The molecule has 0 amide bonds. The van der Waals surface area contributed by atoms with Gasteiger partial charge in [-0.2, -0.15) is 0 Å². The molecular weight excluding hydrogens is 264 g/mol. The van der Waals surface area contributed by atoms with Crippen molar-refractivity contribution >= 4 is 0 Å². The van der Waals surface area contributed by atoms with E-state index >= 15 is 0 Å². The first kappa shape index (κ1) is 16.4. The maximum atomic E-state index is 5.48. The minimum Gasteiger partial charge on any atom is -0.382 e. The Morgan fingerprint density at radius 2 is 2.10 bits per heavy atom. The number of benzene rings is 1. The van der Waals surface area contributed by atoms with Crippen molar-refractivity contribution in [1.29, 1.82) is 0 Å². The Bertz CT molecular complexity index is 398. The number of hydrogen-bond acceptors (Lipinski definition) is 4. The summed E-state index contributed by atoms with van der Waals surface area (Å²) in [7, 11) is 1.70. The Kier molecular flexibility index (Phi) is 7.75. The molecule has 0 radical (unpaired) electrons. The van der Waals surface area contributed by atoms with Crippen molar-refractivity contribution in [3.63, 3.8) is 0 Å². The van der Waals surface area contributed by atoms with Gasteiger partial charge in [0.2, 0.25) is 0 Å². The van der Waals surface area contributed by atoms with Crippen molar-refractivity contribution in [1.82, 2.24) is 10.6 Å². The van der Waals surface area contributed by atoms with Crippen molar-refractivity contribution < 1.29 is 9.47 Å². The smallest absolute Gasteiger partial charge is 0.0700 e. The summed E-state index contributed by atoms with van der Waals surface area (Å²) in [5.74, 6) is 0. The van der Waals surface area contributed by atoms with E-state index in [4.69, 9.17) is 9.47 Å². The van der Waals surface area contributed by atoms with Crippen LogP contribution in [0.4, 0.5) is 0 Å². The maximum Gasteiger partial charge on any atom is 0.0700 e. The molecule has 1 aliphatic heterocycles. The van der Waals surface area contributed by atoms with E-state index in [1.54, 1.807) is 7.11 Å². The molecule has 0 fully saturated rings. The summed E-state index contributed by atoms with van der Waals surface area (Å²) in [5, 5.41) is 7.19. The third-order valence-corrected chi connectivity index (χ3v) is 3.89. The van der Waals surface area contributed by atoms with E-state index in [-0.39, 0.29) is 0 Å². The average Bonchev–Trinajstić information content (AvgIpc) is 2.72. The maximum absolute atomic E-state index is 5.48. The standard InChI is InChI=1S/C17H28N2O2/c1-20-12-13-21-11-5-4-9-19-17-8-10-18-14-15-6-2-3-7-16(15)17/h2-3,6-7,17-19H,4-5,8-14H2,1H3. The van der Waals surface area contributed by atoms with Gasteiger partial charge in [-0.15, -0.1) is 0 Å². The van der Waals surface area contributed by atoms with Crippen molar-refractivity contribution in [3.05, 3.63) is 35.4 Å². The SMILES string of the molecule is COCCOCCCCNC1CCNCc2ccccc21. The van der Waals surface area contributed by atoms with Gasteiger partial charge in [0, 0.05) is 26.3 Å². The molecule has 1 aliphatic rings. The molecule has 0 spiro atoms. The van der Waals surface area contributed by atoms with Crippen molar-refractivity contribution in [2.45, 2.75) is 31.8 Å². The lowest BCUT2D eigenvalue weighted by Crippen LogP contribution is -2.24. The van der Waals surface area contributed by atoms with Crippen LogP contribution in [0.15, 0.2) is 24.3 Å². The van der Waals surface area contributed by atoms with Crippen LogP contribution in [0.3, 0.4) is 0 Å². The Morgan fingerprint density at radius 1 is 1.19 bits per heavy atom. The number of ether oxygens (including phenoxy) is 2. The second kappa shape index (κ2) is 9.90. The van der Waals surface area contributed by atoms with Gasteiger partial charge in [-0.1, -0.05) is 24.3 Å². The molecule has 118 valence electrons. The van der Waals surface area contributed by atoms with Crippen LogP contribution < -0.4 is 10.6 Å². The molecule has 1 heterocycles. The van der Waals surface area contributed by atoms with Crippen LogP contribution in [0.5, 0.6) is 0 Å². The van der Waals surface area contributed by atoms with E-state index in [0.29, 0.717) is 19.3 Å². The normalized spacial score (nSPS) is 18.2. The molecule has 0 saturated heterocycles. The monoisotopic (exact) mass is 292 g/mol. The molecule has 1 aromatic rings. The Balaban J connectivity index is 1.66. The van der Waals surface area contributed by atoms with Crippen LogP contribution in [0.2, 0.25) is 0 Å². The summed E-state index contributed by atoms with van der Waals surface area (Å²) in [6.07, 6.45) is 3.41. The number of nitrogens with one attached hydrogen (secondary N) is 2. The van der Waals surface area contributed by atoms with Crippen LogP contribution in [0, 0.1) is 0 Å². The molecule has 21 heavy (non-hydrogen) atoms. The predicted octanol–water partition coefficient (Wildman–Crippen LogP) is 2.25. The van der Waals surface area contributed by atoms with E-state index in [0.717, 1.165) is 45.5 Å². The lowest BCUT2D eigenvalue weighted by molar-refractivity contribution is 0.0687. The molecule has 0 saturated carbocycles. The van der Waals surface area contributed by atoms with Crippen molar-refractivity contribution in [2.24, 2.45) is 0 Å². The van der Waals surface area contributed by atoms with Crippen LogP contribution >= 0.6 is 0 Å². The first-order chi connectivity index (χ1) is 10.4. The Morgan fingerprint density at radius 3 is 3.00 bits per heavy atom. The lowest BCUT2D eigenvalue weighted by atomic mass is 9.99. The molecule has 1 atom stereocenters. The summed E-state index contributed by atoms with van der Waals surface area (Å²) in [5.41, 5.74) is 2.88. The van der Waals surface area contributed by atoms with Crippen LogP contribution in [-0.4, -0.2) is 40.0 Å². The van der Waals surface area contributed by atoms with Crippen LogP contribution in [0.25, 0.3) is 0 Å². The summed E-state index contributed by atoms with van der Waals surface area (Å²) in [6.45, 7) is 5.32. The minimum absolute atomic E-state index is 0.477. The fraction of sp³-hybridized carbons (Fsp3) is 0.647. The minimum atomic E-state index is 0.477. The molecule has 0 bridgehead atoms. The van der Waals surface area contributed by atoms with Gasteiger partial charge in [-0.05, 0) is 43.5 Å². The van der Waals surface area contributed by atoms with E-state index in [2.05, 4.69) is 34.9 Å². The number of hydrogen-bond donors (Lipinski definition) is 2. The number of unbranched alkanes of at least 4 members (excludes halogenated alkanes) is 1. The zero-order valence-corrected chi connectivity index (χ0v) is 13.1. The number of rotatable bonds is 9. The third kappa shape index (κ3) is 5.75. The largest absolute Gasteiger partial charge is 0.382 e. The van der Waals surface area contributed by atoms with Gasteiger partial charge in [0.15, 0.2) is 0 Å². The van der Waals surface area contributed by atoms with Gasteiger partial charge < -0.3 is 20.1 Å². The molecule has 4 nitrogen and oxygen atoms in total. The van der Waals surface area contributed by atoms with Gasteiger partial charge in [-0.25, -0.2) is 0 Å². The highest BCUT2D eigenvalue weighted by molar-refractivity contribution is 5.30. The second-order valence-corrected chi connectivity index (χ2v) is 5.48. The molecule has 4 heteroatoms. The Labute approximate surface area is 128 Å². The van der Waals surface area contributed by atoms with Crippen molar-refractivity contribution in [3.8, 4) is 0 Å². The molecule has 0 aromatic heterocycles. The molecule has 1 unspecified atom stereocenters. The zero-order chi connectivity index (χ0) is 14.8. The fourth-order valence-electron chi connectivity index (χ4n) is 2.72. The van der Waals surface area contributed by atoms with E-state index in [1.807, 2.05) is 0 Å². The summed E-state index contributed by atoms with van der Waals surface area (Å²) in [6, 6.07) is 9.23. The quantitative estimate of drug-likeness (QED) is 0.685. The number of methoxy groups -OCH3 is 1. The predicted molar refractivity (Wildman–Crippen MR) is 85.4 cm³/mol. The summed E-state index contributed by atoms with van der Waals surface area (Å²) in [4.78, 5) is 0. The lowest BCUT2D eigenvalue weighted by Gasteiger charge is -2.19. The first-order valence-electron chi connectivity index (χ1n) is 8.00. The molecule has 0 aliphatic carbocycles. The van der Waals surface area contributed by atoms with E-state index in [9.17, 15) is 0 Å². The zero-order valence-electron chi connectivity index (χ0n) is 13.1. The van der Waals surface area contributed by atoms with Gasteiger partial charge in [0.1, 0.15) is 0 Å². The van der Waals surface area contributed by atoms with Crippen LogP contribution in [-0.2, 0) is 16.0 Å². The summed E-state index contributed by atoms with van der Waals surface area (Å²) < 4.78 is 10.4. The highest BCUT2D eigenvalue weighted by Gasteiger charge is 2.16. The first-order valence-corrected chi connectivity index (χ1v) is 8.00. The molecule has 2 rings (SSSR count). The van der Waals surface area contributed by atoms with Gasteiger partial charge in [0.25, 0.3) is 0 Å². The fourth-order valence-corrected chi connectivity index (χ4v) is 2.72. The Hall–Kier alpha value is -0.940. The highest BCUT2D eigenvalue weighted by Crippen LogP contribution is 2.23. The van der Waals surface area contributed by atoms with Gasteiger partial charge in [0.05, 0.1) is 13.2 Å². The average molecular weight is 292 g/mol. The molecule has 2 N–H and O–H groups in total. The summed E-state index contributed by atoms with van der Waals surface area (Å²) >= 11 is 0. The van der Waals surface area contributed by atoms with E-state index in [1.165, 1.54) is 11.1 Å². The van der Waals surface area contributed by atoms with Gasteiger partial charge in [-0.3, -0.25) is 0 Å². The topological polar surface area (TPSA) is 42.5 Å². The number of fused-ring (bicyclic) bond motifs is 1. The molecule has 1 aromatic carbocycles.